The van der Waals surface area contributed by atoms with E-state index in [2.05, 4.69) is 30.7 Å². The molecule has 21 heavy (non-hydrogen) atoms. The third-order valence-electron chi connectivity index (χ3n) is 3.74. The summed E-state index contributed by atoms with van der Waals surface area (Å²) in [5, 5.41) is 0.863. The lowest BCUT2D eigenvalue weighted by Crippen LogP contribution is -2.11. The predicted octanol–water partition coefficient (Wildman–Crippen LogP) is 4.09. The first kappa shape index (κ1) is 13.6. The quantitative estimate of drug-likeness (QED) is 0.717. The summed E-state index contributed by atoms with van der Waals surface area (Å²) >= 11 is 0. The summed E-state index contributed by atoms with van der Waals surface area (Å²) in [6.45, 7) is 6.49. The number of benzene rings is 1. The fourth-order valence-electron chi connectivity index (χ4n) is 2.43. The Morgan fingerprint density at radius 3 is 2.48 bits per heavy atom. The van der Waals surface area contributed by atoms with Gasteiger partial charge in [-0.3, -0.25) is 9.78 Å². The van der Waals surface area contributed by atoms with Gasteiger partial charge in [0.1, 0.15) is 0 Å². The fraction of sp³-hybridized carbons (Fsp3) is 0.222. The summed E-state index contributed by atoms with van der Waals surface area (Å²) in [7, 11) is 0. The SMILES string of the molecule is CC(C)(C)c1ccc(C(=O)c2c[nH]c3ccncc23)cc1. The lowest BCUT2D eigenvalue weighted by molar-refractivity contribution is 0.104. The molecule has 0 spiro atoms. The Morgan fingerprint density at radius 1 is 1.10 bits per heavy atom. The molecule has 0 aliphatic carbocycles. The summed E-state index contributed by atoms with van der Waals surface area (Å²) < 4.78 is 0. The van der Waals surface area contributed by atoms with Gasteiger partial charge in [0.05, 0.1) is 0 Å². The second kappa shape index (κ2) is 4.85. The number of H-pyrrole nitrogens is 1. The van der Waals surface area contributed by atoms with Crippen molar-refractivity contribution in [2.24, 2.45) is 0 Å². The van der Waals surface area contributed by atoms with Crippen LogP contribution in [-0.4, -0.2) is 15.8 Å². The number of aromatic nitrogens is 2. The van der Waals surface area contributed by atoms with Crippen molar-refractivity contribution in [1.82, 2.24) is 9.97 Å². The zero-order valence-electron chi connectivity index (χ0n) is 12.5. The molecule has 0 saturated carbocycles. The minimum Gasteiger partial charge on any atom is -0.360 e. The van der Waals surface area contributed by atoms with Crippen molar-refractivity contribution in [1.29, 1.82) is 0 Å². The van der Waals surface area contributed by atoms with Gasteiger partial charge in [-0.25, -0.2) is 0 Å². The van der Waals surface area contributed by atoms with Crippen LogP contribution in [0.3, 0.4) is 0 Å². The molecule has 0 saturated heterocycles. The monoisotopic (exact) mass is 278 g/mol. The van der Waals surface area contributed by atoms with E-state index in [1.165, 1.54) is 5.56 Å². The molecule has 0 aliphatic heterocycles. The van der Waals surface area contributed by atoms with E-state index in [1.807, 2.05) is 30.3 Å². The minimum atomic E-state index is 0.0229. The van der Waals surface area contributed by atoms with Crippen LogP contribution in [0.25, 0.3) is 10.9 Å². The zero-order valence-corrected chi connectivity index (χ0v) is 12.5. The Balaban J connectivity index is 1.99. The van der Waals surface area contributed by atoms with Crippen molar-refractivity contribution >= 4 is 16.7 Å². The highest BCUT2D eigenvalue weighted by atomic mass is 16.1. The van der Waals surface area contributed by atoms with Crippen LogP contribution < -0.4 is 0 Å². The molecule has 1 N–H and O–H groups in total. The average Bonchev–Trinajstić information content (AvgIpc) is 2.90. The van der Waals surface area contributed by atoms with Crippen molar-refractivity contribution in [2.75, 3.05) is 0 Å². The molecule has 3 nitrogen and oxygen atoms in total. The number of carbonyl (C=O) groups is 1. The van der Waals surface area contributed by atoms with E-state index >= 15 is 0 Å². The van der Waals surface area contributed by atoms with Crippen LogP contribution >= 0.6 is 0 Å². The molecule has 3 aromatic rings. The van der Waals surface area contributed by atoms with Gasteiger partial charge in [0.25, 0.3) is 0 Å². The van der Waals surface area contributed by atoms with Crippen LogP contribution in [0.15, 0.2) is 48.9 Å². The Morgan fingerprint density at radius 2 is 1.81 bits per heavy atom. The average molecular weight is 278 g/mol. The molecule has 0 radical (unpaired) electrons. The molecule has 0 bridgehead atoms. The number of ketones is 1. The molecule has 0 aliphatic rings. The first-order chi connectivity index (χ1) is 9.97. The van der Waals surface area contributed by atoms with Gasteiger partial charge < -0.3 is 4.98 Å². The first-order valence-corrected chi connectivity index (χ1v) is 7.03. The van der Waals surface area contributed by atoms with E-state index in [0.29, 0.717) is 11.1 Å². The Bertz CT molecular complexity index is 792. The number of aromatic amines is 1. The molecule has 106 valence electrons. The normalized spacial score (nSPS) is 11.8. The van der Waals surface area contributed by atoms with E-state index in [9.17, 15) is 4.79 Å². The lowest BCUT2D eigenvalue weighted by atomic mass is 9.86. The molecule has 3 heteroatoms. The largest absolute Gasteiger partial charge is 0.360 e. The standard InChI is InChI=1S/C18H18N2O/c1-18(2,3)13-6-4-12(5-7-13)17(21)15-11-20-16-8-9-19-10-14(15)16/h4-11,20H,1-3H3. The van der Waals surface area contributed by atoms with Crippen LogP contribution in [0.1, 0.15) is 42.3 Å². The van der Waals surface area contributed by atoms with Crippen LogP contribution in [0.4, 0.5) is 0 Å². The van der Waals surface area contributed by atoms with Crippen molar-refractivity contribution in [2.45, 2.75) is 26.2 Å². The Hall–Kier alpha value is -2.42. The van der Waals surface area contributed by atoms with Gasteiger partial charge in [-0.2, -0.15) is 0 Å². The third kappa shape index (κ3) is 2.47. The number of fused-ring (bicyclic) bond motifs is 1. The number of rotatable bonds is 2. The topological polar surface area (TPSA) is 45.8 Å². The molecular formula is C18H18N2O. The smallest absolute Gasteiger partial charge is 0.195 e. The van der Waals surface area contributed by atoms with E-state index in [-0.39, 0.29) is 11.2 Å². The molecule has 2 aromatic heterocycles. The number of nitrogens with one attached hydrogen (secondary N) is 1. The Kier molecular flexibility index (Phi) is 3.13. The highest BCUT2D eigenvalue weighted by Crippen LogP contribution is 2.24. The number of hydrogen-bond donors (Lipinski definition) is 1. The second-order valence-corrected chi connectivity index (χ2v) is 6.28. The van der Waals surface area contributed by atoms with E-state index < -0.39 is 0 Å². The summed E-state index contributed by atoms with van der Waals surface area (Å²) in [6.07, 6.45) is 5.19. The molecule has 2 heterocycles. The van der Waals surface area contributed by atoms with Crippen molar-refractivity contribution in [3.05, 3.63) is 65.6 Å². The van der Waals surface area contributed by atoms with Crippen LogP contribution in [0.2, 0.25) is 0 Å². The molecule has 3 rings (SSSR count). The maximum absolute atomic E-state index is 12.6. The van der Waals surface area contributed by atoms with Crippen LogP contribution in [0.5, 0.6) is 0 Å². The number of pyridine rings is 1. The van der Waals surface area contributed by atoms with Gasteiger partial charge in [0.15, 0.2) is 5.78 Å². The van der Waals surface area contributed by atoms with Gasteiger partial charge in [-0.15, -0.1) is 0 Å². The van der Waals surface area contributed by atoms with Crippen LogP contribution in [0, 0.1) is 0 Å². The predicted molar refractivity (Wildman–Crippen MR) is 84.7 cm³/mol. The second-order valence-electron chi connectivity index (χ2n) is 6.28. The minimum absolute atomic E-state index is 0.0229. The van der Waals surface area contributed by atoms with E-state index in [0.717, 1.165) is 10.9 Å². The van der Waals surface area contributed by atoms with E-state index in [4.69, 9.17) is 0 Å². The number of nitrogens with zero attached hydrogens (tertiary/aromatic N) is 1. The fourth-order valence-corrected chi connectivity index (χ4v) is 2.43. The number of carbonyl (C=O) groups excluding carboxylic acids is 1. The van der Waals surface area contributed by atoms with Gasteiger partial charge in [0, 0.05) is 40.6 Å². The summed E-state index contributed by atoms with van der Waals surface area (Å²) in [4.78, 5) is 19.8. The van der Waals surface area contributed by atoms with Crippen molar-refractivity contribution in [3.63, 3.8) is 0 Å². The molecule has 0 unspecified atom stereocenters. The van der Waals surface area contributed by atoms with Gasteiger partial charge in [-0.05, 0) is 17.0 Å². The maximum atomic E-state index is 12.6. The third-order valence-corrected chi connectivity index (χ3v) is 3.74. The first-order valence-electron chi connectivity index (χ1n) is 7.03. The maximum Gasteiger partial charge on any atom is 0.195 e. The highest BCUT2D eigenvalue weighted by Gasteiger charge is 2.17. The molecular weight excluding hydrogens is 260 g/mol. The lowest BCUT2D eigenvalue weighted by Gasteiger charge is -2.18. The molecule has 0 atom stereocenters. The molecule has 1 aromatic carbocycles. The summed E-state index contributed by atoms with van der Waals surface area (Å²) in [5.41, 5.74) is 3.61. The molecule has 0 fully saturated rings. The van der Waals surface area contributed by atoms with Gasteiger partial charge in [0.2, 0.25) is 0 Å². The summed E-state index contributed by atoms with van der Waals surface area (Å²) in [5.74, 6) is 0.0229. The van der Waals surface area contributed by atoms with Crippen molar-refractivity contribution in [3.8, 4) is 0 Å². The van der Waals surface area contributed by atoms with Crippen molar-refractivity contribution < 1.29 is 4.79 Å². The van der Waals surface area contributed by atoms with Gasteiger partial charge >= 0.3 is 0 Å². The zero-order chi connectivity index (χ0) is 15.0. The van der Waals surface area contributed by atoms with E-state index in [1.54, 1.807) is 18.6 Å². The van der Waals surface area contributed by atoms with Gasteiger partial charge in [-0.1, -0.05) is 45.0 Å². The number of hydrogen-bond acceptors (Lipinski definition) is 2. The van der Waals surface area contributed by atoms with Crippen LogP contribution in [-0.2, 0) is 5.41 Å². The highest BCUT2D eigenvalue weighted by molar-refractivity contribution is 6.16. The summed E-state index contributed by atoms with van der Waals surface area (Å²) in [6, 6.07) is 9.73. The molecule has 0 amide bonds. The Labute approximate surface area is 124 Å².